The molecule has 6 nitrogen and oxygen atoms in total. The molecular weight excluding hydrogens is 340 g/mol. The zero-order valence-corrected chi connectivity index (χ0v) is 15.1. The van der Waals surface area contributed by atoms with Crippen molar-refractivity contribution in [3.63, 3.8) is 0 Å². The summed E-state index contributed by atoms with van der Waals surface area (Å²) in [6.07, 6.45) is 1.69. The van der Waals surface area contributed by atoms with Crippen LogP contribution in [-0.2, 0) is 4.74 Å². The number of carbonyl (C=O) groups is 1. The first-order valence-corrected chi connectivity index (χ1v) is 8.72. The summed E-state index contributed by atoms with van der Waals surface area (Å²) in [5, 5.41) is 0. The van der Waals surface area contributed by atoms with Crippen LogP contribution >= 0.6 is 0 Å². The maximum atomic E-state index is 12.5. The lowest BCUT2D eigenvalue weighted by atomic mass is 10.0. The number of hydrogen-bond acceptors (Lipinski definition) is 5. The number of aryl methyl sites for hydroxylation is 1. The van der Waals surface area contributed by atoms with E-state index in [-0.39, 0.29) is 0 Å². The fourth-order valence-corrected chi connectivity index (χ4v) is 3.04. The van der Waals surface area contributed by atoms with E-state index < -0.39 is 5.97 Å². The lowest BCUT2D eigenvalue weighted by Gasteiger charge is -2.13. The van der Waals surface area contributed by atoms with Gasteiger partial charge in [0.2, 0.25) is 5.95 Å². The number of fused-ring (bicyclic) bond motifs is 1. The third-order valence-electron chi connectivity index (χ3n) is 4.27. The maximum absolute atomic E-state index is 12.5. The normalized spacial score (nSPS) is 10.9. The minimum Gasteiger partial charge on any atom is -0.462 e. The summed E-state index contributed by atoms with van der Waals surface area (Å²) >= 11 is 0. The zero-order valence-electron chi connectivity index (χ0n) is 15.1. The third kappa shape index (κ3) is 3.06. The molecule has 0 amide bonds. The van der Waals surface area contributed by atoms with Gasteiger partial charge in [0.15, 0.2) is 0 Å². The van der Waals surface area contributed by atoms with Crippen LogP contribution in [0.5, 0.6) is 0 Å². The Morgan fingerprint density at radius 3 is 2.56 bits per heavy atom. The van der Waals surface area contributed by atoms with Crippen LogP contribution in [0, 0.1) is 6.92 Å². The molecule has 0 saturated heterocycles. The Morgan fingerprint density at radius 1 is 1.04 bits per heavy atom. The molecule has 4 aromatic rings. The van der Waals surface area contributed by atoms with E-state index in [0.29, 0.717) is 29.5 Å². The molecule has 0 spiro atoms. The van der Waals surface area contributed by atoms with Crippen LogP contribution in [0.15, 0.2) is 60.9 Å². The molecule has 0 saturated carbocycles. The van der Waals surface area contributed by atoms with Gasteiger partial charge in [-0.15, -0.1) is 0 Å². The molecular formula is C21H18N4O2. The van der Waals surface area contributed by atoms with Crippen molar-refractivity contribution in [2.45, 2.75) is 13.8 Å². The highest BCUT2D eigenvalue weighted by atomic mass is 16.5. The number of carbonyl (C=O) groups excluding carboxylic acids is 1. The van der Waals surface area contributed by atoms with Crippen molar-refractivity contribution in [3.05, 3.63) is 72.2 Å². The monoisotopic (exact) mass is 358 g/mol. The first-order chi connectivity index (χ1) is 13.2. The number of aromatic nitrogens is 4. The van der Waals surface area contributed by atoms with E-state index in [9.17, 15) is 4.79 Å². The Morgan fingerprint density at radius 2 is 1.78 bits per heavy atom. The van der Waals surface area contributed by atoms with Crippen LogP contribution in [0.1, 0.15) is 23.0 Å². The van der Waals surface area contributed by atoms with Crippen LogP contribution in [0.3, 0.4) is 0 Å². The SMILES string of the molecule is CCOC(=O)c1c(C)nc(-n2cnc3ccccc32)nc1-c1ccccc1. The van der Waals surface area contributed by atoms with Crippen molar-refractivity contribution < 1.29 is 9.53 Å². The predicted octanol–water partition coefficient (Wildman–Crippen LogP) is 3.97. The quantitative estimate of drug-likeness (QED) is 0.516. The largest absolute Gasteiger partial charge is 0.462 e. The molecule has 4 rings (SSSR count). The molecule has 0 fully saturated rings. The fraction of sp³-hybridized carbons (Fsp3) is 0.143. The molecule has 0 atom stereocenters. The summed E-state index contributed by atoms with van der Waals surface area (Å²) in [4.78, 5) is 26.2. The highest BCUT2D eigenvalue weighted by Crippen LogP contribution is 2.26. The highest BCUT2D eigenvalue weighted by Gasteiger charge is 2.22. The predicted molar refractivity (Wildman–Crippen MR) is 103 cm³/mol. The molecule has 2 aromatic carbocycles. The van der Waals surface area contributed by atoms with Gasteiger partial charge in [-0.05, 0) is 26.0 Å². The highest BCUT2D eigenvalue weighted by molar-refractivity contribution is 5.97. The summed E-state index contributed by atoms with van der Waals surface area (Å²) in [6, 6.07) is 17.4. The van der Waals surface area contributed by atoms with E-state index in [0.717, 1.165) is 16.6 Å². The van der Waals surface area contributed by atoms with Crippen molar-refractivity contribution in [1.82, 2.24) is 19.5 Å². The van der Waals surface area contributed by atoms with E-state index in [1.807, 2.05) is 59.2 Å². The molecule has 0 unspecified atom stereocenters. The number of benzene rings is 2. The fourth-order valence-electron chi connectivity index (χ4n) is 3.04. The van der Waals surface area contributed by atoms with Crippen LogP contribution < -0.4 is 0 Å². The average Bonchev–Trinajstić information content (AvgIpc) is 3.12. The summed E-state index contributed by atoms with van der Waals surface area (Å²) < 4.78 is 7.06. The Hall–Kier alpha value is -3.54. The van der Waals surface area contributed by atoms with Crippen LogP contribution in [0.4, 0.5) is 0 Å². The summed E-state index contributed by atoms with van der Waals surface area (Å²) in [6.45, 7) is 3.87. The van der Waals surface area contributed by atoms with E-state index in [1.165, 1.54) is 0 Å². The Bertz CT molecular complexity index is 1120. The third-order valence-corrected chi connectivity index (χ3v) is 4.27. The van der Waals surface area contributed by atoms with Crippen LogP contribution in [0.25, 0.3) is 28.2 Å². The minimum atomic E-state index is -0.420. The molecule has 2 aromatic heterocycles. The van der Waals surface area contributed by atoms with Gasteiger partial charge in [-0.3, -0.25) is 4.57 Å². The summed E-state index contributed by atoms with van der Waals surface area (Å²) in [7, 11) is 0. The topological polar surface area (TPSA) is 69.9 Å². The first-order valence-electron chi connectivity index (χ1n) is 8.72. The molecule has 0 aliphatic carbocycles. The molecule has 0 radical (unpaired) electrons. The maximum Gasteiger partial charge on any atom is 0.342 e. The number of rotatable bonds is 4. The van der Waals surface area contributed by atoms with Crippen molar-refractivity contribution >= 4 is 17.0 Å². The van der Waals surface area contributed by atoms with Crippen molar-refractivity contribution in [1.29, 1.82) is 0 Å². The average molecular weight is 358 g/mol. The van der Waals surface area contributed by atoms with E-state index in [4.69, 9.17) is 9.72 Å². The van der Waals surface area contributed by atoms with Crippen molar-refractivity contribution in [3.8, 4) is 17.2 Å². The van der Waals surface area contributed by atoms with Gasteiger partial charge in [0.25, 0.3) is 0 Å². The number of nitrogens with zero attached hydrogens (tertiary/aromatic N) is 4. The van der Waals surface area contributed by atoms with Gasteiger partial charge >= 0.3 is 5.97 Å². The Labute approximate surface area is 156 Å². The van der Waals surface area contributed by atoms with Gasteiger partial charge in [-0.2, -0.15) is 0 Å². The molecule has 27 heavy (non-hydrogen) atoms. The number of para-hydroxylation sites is 2. The van der Waals surface area contributed by atoms with Crippen LogP contribution in [-0.4, -0.2) is 32.1 Å². The van der Waals surface area contributed by atoms with E-state index >= 15 is 0 Å². The molecule has 2 heterocycles. The molecule has 0 aliphatic heterocycles. The number of imidazole rings is 1. The molecule has 0 bridgehead atoms. The summed E-state index contributed by atoms with van der Waals surface area (Å²) in [5.74, 6) is 0.0454. The molecule has 134 valence electrons. The van der Waals surface area contributed by atoms with E-state index in [1.54, 1.807) is 20.2 Å². The van der Waals surface area contributed by atoms with Gasteiger partial charge in [0.05, 0.1) is 29.0 Å². The van der Waals surface area contributed by atoms with Gasteiger partial charge in [-0.1, -0.05) is 42.5 Å². The molecule has 6 heteroatoms. The standard InChI is InChI=1S/C21H18N4O2/c1-3-27-20(26)18-14(2)23-21(24-19(18)15-9-5-4-6-10-15)25-13-22-16-11-7-8-12-17(16)25/h4-13H,3H2,1-2H3. The van der Waals surface area contributed by atoms with Crippen molar-refractivity contribution in [2.24, 2.45) is 0 Å². The van der Waals surface area contributed by atoms with Gasteiger partial charge in [-0.25, -0.2) is 19.7 Å². The molecule has 0 N–H and O–H groups in total. The lowest BCUT2D eigenvalue weighted by Crippen LogP contribution is -2.14. The molecule has 0 aliphatic rings. The van der Waals surface area contributed by atoms with Crippen LogP contribution in [0.2, 0.25) is 0 Å². The minimum absolute atomic E-state index is 0.292. The summed E-state index contributed by atoms with van der Waals surface area (Å²) in [5.41, 5.74) is 4.09. The Kier molecular flexibility index (Phi) is 4.38. The number of esters is 1. The smallest absolute Gasteiger partial charge is 0.342 e. The lowest BCUT2D eigenvalue weighted by molar-refractivity contribution is 0.0525. The number of hydrogen-bond donors (Lipinski definition) is 0. The second kappa shape index (κ2) is 6.99. The second-order valence-electron chi connectivity index (χ2n) is 6.02. The van der Waals surface area contributed by atoms with Gasteiger partial charge < -0.3 is 4.74 Å². The zero-order chi connectivity index (χ0) is 18.8. The second-order valence-corrected chi connectivity index (χ2v) is 6.02. The Balaban J connectivity index is 1.95. The first kappa shape index (κ1) is 16.9. The number of ether oxygens (including phenoxy) is 1. The van der Waals surface area contributed by atoms with Crippen molar-refractivity contribution in [2.75, 3.05) is 6.61 Å². The van der Waals surface area contributed by atoms with Gasteiger partial charge in [0, 0.05) is 5.56 Å². The van der Waals surface area contributed by atoms with E-state index in [2.05, 4.69) is 9.97 Å². The van der Waals surface area contributed by atoms with Gasteiger partial charge in [0.1, 0.15) is 11.9 Å².